The molecule has 3 aromatic rings. The Hall–Kier alpha value is -6.39. The third-order valence-corrected chi connectivity index (χ3v) is 16.1. The number of phosphoric ester groups is 1. The maximum Gasteiger partial charge on any atom is 0.472 e. The molecule has 0 aliphatic rings. The molecule has 29 heteroatoms. The quantitative estimate of drug-likeness (QED) is 0.0108. The summed E-state index contributed by atoms with van der Waals surface area (Å²) in [6.07, 6.45) is 35.2. The number of benzene rings is 1. The minimum absolute atomic E-state index is 0. The number of carboxylic acids is 1. The number of nitrogens with two attached hydrogens (primary N) is 1. The molecular formula is C65H117N12O16P. The van der Waals surface area contributed by atoms with E-state index >= 15 is 0 Å². The Morgan fingerprint density at radius 2 is 1.12 bits per heavy atom. The number of nitrogens with zero attached hydrogens (tertiary/aromatic N) is 3. The van der Waals surface area contributed by atoms with Crippen LogP contribution in [0, 0.1) is 0 Å². The summed E-state index contributed by atoms with van der Waals surface area (Å²) in [5, 5.41) is 20.2. The number of alkyl carbamates (subject to hydrolysis) is 1. The molecular weight excluding hydrogens is 1240 g/mol. The largest absolute Gasteiger partial charge is 0.480 e. The van der Waals surface area contributed by atoms with Crippen LogP contribution in [-0.4, -0.2) is 131 Å². The maximum atomic E-state index is 12.9. The topological polar surface area (TPSA) is 466 Å². The number of phosphoric acid groups is 1. The van der Waals surface area contributed by atoms with Crippen LogP contribution in [-0.2, 0) is 58.3 Å². The highest BCUT2D eigenvalue weighted by molar-refractivity contribution is 7.47. The van der Waals surface area contributed by atoms with Gasteiger partial charge in [0, 0.05) is 43.6 Å². The molecule has 3 unspecified atom stereocenters. The molecule has 3 rings (SSSR count). The van der Waals surface area contributed by atoms with Gasteiger partial charge < -0.3 is 74.4 Å². The monoisotopic (exact) mass is 1350 g/mol. The molecule has 3 atom stereocenters. The number of fused-ring (bicyclic) bond motifs is 1. The van der Waals surface area contributed by atoms with E-state index in [1.807, 2.05) is 0 Å². The molecule has 0 saturated heterocycles. The molecule has 0 radical (unpaired) electrons. The molecule has 2 heterocycles. The molecule has 28 nitrogen and oxygen atoms in total. The Morgan fingerprint density at radius 3 is 1.65 bits per heavy atom. The van der Waals surface area contributed by atoms with Gasteiger partial charge in [-0.3, -0.25) is 38.0 Å². The van der Waals surface area contributed by atoms with Crippen molar-refractivity contribution < 1.29 is 71.3 Å². The number of amides is 3. The van der Waals surface area contributed by atoms with E-state index in [1.165, 1.54) is 160 Å². The highest BCUT2D eigenvalue weighted by Gasteiger charge is 2.27. The Kier molecular flexibility index (Phi) is 52.1. The van der Waals surface area contributed by atoms with Crippen LogP contribution < -0.4 is 51.0 Å². The van der Waals surface area contributed by atoms with Crippen LogP contribution in [0.1, 0.15) is 248 Å². The zero-order valence-corrected chi connectivity index (χ0v) is 57.4. The first kappa shape index (κ1) is 87.6. The lowest BCUT2D eigenvalue weighted by Gasteiger charge is -2.20. The van der Waals surface area contributed by atoms with E-state index in [4.69, 9.17) is 33.7 Å². The number of aliphatic carboxylic acids is 1. The standard InChI is InChI=1S/C65H108N9O16P.3H3N/c1-3-5-7-9-11-13-15-17-19-21-23-25-27-29-31-33-57(76)87-49-54(90-58(77)34-32-30-28-26-24-22-20-18-16-14-12-10-8-6-4-2)50-89-91(83,84)88-44-42-68-65(82)86-46-45-85-43-41-67-56(75)40-39-55(63(80)81)72-61(78)51-35-37-52(38-36-51)69-47-53-48-70-60-59(71-53)62(79)74-64(66)73-60;;;/h35-38,48,54-55,69H,3-34,39-47,49-50H2,1-2H3,(H,67,75)(H,68,82)(H,72,78)(H,80,81)(H,83,84)(H3,66,70,73,74,79);3*1H3. The van der Waals surface area contributed by atoms with Crippen molar-refractivity contribution in [3.8, 4) is 0 Å². The van der Waals surface area contributed by atoms with Crippen LogP contribution in [0.15, 0.2) is 35.3 Å². The van der Waals surface area contributed by atoms with Crippen molar-refractivity contribution in [2.45, 2.75) is 251 Å². The Bertz CT molecular complexity index is 2620. The summed E-state index contributed by atoms with van der Waals surface area (Å²) in [5.41, 5.74) is 6.38. The van der Waals surface area contributed by atoms with E-state index in [0.717, 1.165) is 38.5 Å². The number of aromatic nitrogens is 4. The summed E-state index contributed by atoms with van der Waals surface area (Å²) in [6, 6.07) is 4.81. The summed E-state index contributed by atoms with van der Waals surface area (Å²) in [5.74, 6) is -3.54. The van der Waals surface area contributed by atoms with Gasteiger partial charge in [0.05, 0.1) is 44.9 Å². The third kappa shape index (κ3) is 44.3. The smallest absolute Gasteiger partial charge is 0.472 e. The fourth-order valence-electron chi connectivity index (χ4n) is 9.89. The molecule has 18 N–H and O–H groups in total. The van der Waals surface area contributed by atoms with Gasteiger partial charge in [-0.2, -0.15) is 4.98 Å². The lowest BCUT2D eigenvalue weighted by Crippen LogP contribution is -2.41. The lowest BCUT2D eigenvalue weighted by atomic mass is 10.0. The van der Waals surface area contributed by atoms with Gasteiger partial charge in [0.25, 0.3) is 11.5 Å². The number of aromatic amines is 1. The first-order valence-corrected chi connectivity index (χ1v) is 35.2. The van der Waals surface area contributed by atoms with Gasteiger partial charge in [0.2, 0.25) is 11.9 Å². The van der Waals surface area contributed by atoms with E-state index in [1.54, 1.807) is 12.1 Å². The minimum Gasteiger partial charge on any atom is -0.480 e. The zero-order chi connectivity index (χ0) is 66.0. The Balaban J connectivity index is 0.0000288. The molecule has 1 aromatic carbocycles. The van der Waals surface area contributed by atoms with Gasteiger partial charge in [-0.25, -0.2) is 24.1 Å². The van der Waals surface area contributed by atoms with Crippen LogP contribution >= 0.6 is 7.82 Å². The second-order valence-corrected chi connectivity index (χ2v) is 24.6. The summed E-state index contributed by atoms with van der Waals surface area (Å²) >= 11 is 0. The van der Waals surface area contributed by atoms with Crippen molar-refractivity contribution in [3.63, 3.8) is 0 Å². The van der Waals surface area contributed by atoms with Gasteiger partial charge in [0.1, 0.15) is 19.3 Å². The molecule has 94 heavy (non-hydrogen) atoms. The van der Waals surface area contributed by atoms with Crippen molar-refractivity contribution in [2.24, 2.45) is 0 Å². The number of anilines is 2. The van der Waals surface area contributed by atoms with Crippen molar-refractivity contribution in [2.75, 3.05) is 63.8 Å². The normalized spacial score (nSPS) is 12.2. The first-order valence-electron chi connectivity index (χ1n) is 33.7. The SMILES string of the molecule is CCCCCCCCCCCCCCCCCC(=O)OCC(COP(=O)(O)OCCNC(=O)OCCOCCNC(=O)CCC(NC(=O)c1ccc(NCc2cnc3nc(N)[nH]c(=O)c3n2)cc1)C(=O)O)OC(=O)CCCCCCCCCCCCCCCCC.N.N.N. The molecule has 3 amide bonds. The zero-order valence-electron chi connectivity index (χ0n) is 56.5. The van der Waals surface area contributed by atoms with E-state index in [-0.39, 0.29) is 113 Å². The molecule has 0 bridgehead atoms. The molecule has 0 aliphatic carbocycles. The second-order valence-electron chi connectivity index (χ2n) is 23.1. The maximum absolute atomic E-state index is 12.9. The molecule has 0 fully saturated rings. The average Bonchev–Trinajstić information content (AvgIpc) is 0.830. The average molecular weight is 1350 g/mol. The molecule has 0 saturated carbocycles. The predicted molar refractivity (Wildman–Crippen MR) is 364 cm³/mol. The van der Waals surface area contributed by atoms with Gasteiger partial charge in [-0.1, -0.05) is 194 Å². The number of carboxylic acid groups (broad SMARTS) is 1. The first-order chi connectivity index (χ1) is 44.1. The van der Waals surface area contributed by atoms with Crippen LogP contribution in [0.5, 0.6) is 0 Å². The van der Waals surface area contributed by atoms with Crippen LogP contribution in [0.4, 0.5) is 16.4 Å². The van der Waals surface area contributed by atoms with Crippen molar-refractivity contribution in [1.29, 1.82) is 0 Å². The highest BCUT2D eigenvalue weighted by Crippen LogP contribution is 2.43. The number of hydrogen-bond acceptors (Lipinski definition) is 22. The van der Waals surface area contributed by atoms with E-state index in [9.17, 15) is 48.1 Å². The van der Waals surface area contributed by atoms with E-state index in [0.29, 0.717) is 24.2 Å². The summed E-state index contributed by atoms with van der Waals surface area (Å²) in [6.45, 7) is 2.91. The van der Waals surface area contributed by atoms with Crippen molar-refractivity contribution in [1.82, 2.24) is 54.3 Å². The predicted octanol–water partition coefficient (Wildman–Crippen LogP) is 12.3. The molecule has 2 aromatic heterocycles. The van der Waals surface area contributed by atoms with Gasteiger partial charge >= 0.3 is 31.8 Å². The van der Waals surface area contributed by atoms with Gasteiger partial charge in [-0.05, 0) is 43.5 Å². The van der Waals surface area contributed by atoms with Gasteiger partial charge in [0.15, 0.2) is 17.3 Å². The summed E-state index contributed by atoms with van der Waals surface area (Å²) in [7, 11) is -4.72. The van der Waals surface area contributed by atoms with Crippen LogP contribution in [0.3, 0.4) is 0 Å². The van der Waals surface area contributed by atoms with E-state index < -0.39 is 74.6 Å². The second kappa shape index (κ2) is 55.8. The fourth-order valence-corrected chi connectivity index (χ4v) is 10.6. The van der Waals surface area contributed by atoms with Crippen LogP contribution in [0.25, 0.3) is 11.2 Å². The molecule has 538 valence electrons. The Labute approximate surface area is 556 Å². The number of nitrogens with one attached hydrogen (secondary N) is 5. The van der Waals surface area contributed by atoms with Crippen molar-refractivity contribution in [3.05, 3.63) is 52.1 Å². The summed E-state index contributed by atoms with van der Waals surface area (Å²) in [4.78, 5) is 112. The number of ether oxygens (including phenoxy) is 4. The number of hydrogen-bond donors (Lipinski definition) is 11. The number of esters is 2. The minimum atomic E-state index is -4.72. The van der Waals surface area contributed by atoms with Crippen LogP contribution in [0.2, 0.25) is 0 Å². The molecule has 0 aliphatic heterocycles. The highest BCUT2D eigenvalue weighted by atomic mass is 31.2. The summed E-state index contributed by atoms with van der Waals surface area (Å²) < 4.78 is 44.4. The number of carbonyl (C=O) groups excluding carboxylic acids is 5. The number of nitrogen functional groups attached to an aromatic ring is 1. The lowest BCUT2D eigenvalue weighted by molar-refractivity contribution is -0.161. The van der Waals surface area contributed by atoms with Gasteiger partial charge in [-0.15, -0.1) is 0 Å². The third-order valence-electron chi connectivity index (χ3n) is 15.1. The number of carbonyl (C=O) groups is 6. The van der Waals surface area contributed by atoms with Crippen molar-refractivity contribution >= 4 is 66.4 Å². The Morgan fingerprint density at radius 1 is 0.606 bits per heavy atom. The number of rotatable bonds is 57. The number of H-pyrrole nitrogens is 1. The van der Waals surface area contributed by atoms with E-state index in [2.05, 4.69) is 55.1 Å². The molecule has 0 spiro atoms. The number of unbranched alkanes of at least 4 members (excludes halogenated alkanes) is 28. The fraction of sp³-hybridized carbons (Fsp3) is 0.723.